The van der Waals surface area contributed by atoms with E-state index in [1.165, 1.54) is 16.2 Å². The van der Waals surface area contributed by atoms with Crippen molar-refractivity contribution in [1.82, 2.24) is 15.1 Å². The number of carbonyl (C=O) groups is 2. The fourth-order valence-electron chi connectivity index (χ4n) is 3.37. The normalized spacial score (nSPS) is 13.2. The first-order valence-corrected chi connectivity index (χ1v) is 9.55. The van der Waals surface area contributed by atoms with Gasteiger partial charge in [-0.1, -0.05) is 53.8 Å². The van der Waals surface area contributed by atoms with Crippen molar-refractivity contribution in [2.24, 2.45) is 0 Å². The molecule has 1 aliphatic rings. The van der Waals surface area contributed by atoms with Crippen molar-refractivity contribution in [2.45, 2.75) is 6.54 Å². The number of anilines is 2. The lowest BCUT2D eigenvalue weighted by Gasteiger charge is -2.26. The zero-order chi connectivity index (χ0) is 19.1. The van der Waals surface area contributed by atoms with Crippen LogP contribution >= 0.6 is 11.3 Å². The SMILES string of the molecule is O=C1c2cccc3cccc(c23)C(=O)N1Cc1nnc(Nc2ccccc2)s1. The number of hydrogen-bond acceptors (Lipinski definition) is 6. The zero-order valence-electron chi connectivity index (χ0n) is 14.6. The Kier molecular flexibility index (Phi) is 3.87. The molecule has 0 aliphatic carbocycles. The van der Waals surface area contributed by atoms with E-state index in [1.54, 1.807) is 12.1 Å². The van der Waals surface area contributed by atoms with Gasteiger partial charge in [-0.3, -0.25) is 14.5 Å². The highest BCUT2D eigenvalue weighted by Crippen LogP contribution is 2.31. The van der Waals surface area contributed by atoms with Crippen LogP contribution in [0.5, 0.6) is 0 Å². The maximum atomic E-state index is 13.0. The van der Waals surface area contributed by atoms with E-state index in [1.807, 2.05) is 54.6 Å². The Morgan fingerprint density at radius 3 is 2.18 bits per heavy atom. The molecule has 3 aromatic carbocycles. The summed E-state index contributed by atoms with van der Waals surface area (Å²) in [6.07, 6.45) is 0. The highest BCUT2D eigenvalue weighted by atomic mass is 32.1. The molecule has 0 saturated heterocycles. The van der Waals surface area contributed by atoms with E-state index >= 15 is 0 Å². The Labute approximate surface area is 164 Å². The first kappa shape index (κ1) is 16.6. The molecule has 0 unspecified atom stereocenters. The molecule has 4 aromatic rings. The summed E-state index contributed by atoms with van der Waals surface area (Å²) in [7, 11) is 0. The minimum absolute atomic E-state index is 0.0938. The Morgan fingerprint density at radius 1 is 0.821 bits per heavy atom. The van der Waals surface area contributed by atoms with Crippen molar-refractivity contribution in [3.8, 4) is 0 Å². The summed E-state index contributed by atoms with van der Waals surface area (Å²) in [6, 6.07) is 20.6. The molecule has 1 N–H and O–H groups in total. The highest BCUT2D eigenvalue weighted by molar-refractivity contribution is 7.15. The number of aromatic nitrogens is 2. The molecular weight excluding hydrogens is 372 g/mol. The number of rotatable bonds is 4. The third-order valence-electron chi connectivity index (χ3n) is 4.64. The van der Waals surface area contributed by atoms with E-state index in [2.05, 4.69) is 15.5 Å². The zero-order valence-corrected chi connectivity index (χ0v) is 15.4. The Balaban J connectivity index is 1.44. The highest BCUT2D eigenvalue weighted by Gasteiger charge is 2.33. The number of amides is 2. The van der Waals surface area contributed by atoms with Crippen LogP contribution in [0.15, 0.2) is 66.7 Å². The van der Waals surface area contributed by atoms with Crippen LogP contribution in [0.3, 0.4) is 0 Å². The van der Waals surface area contributed by atoms with Crippen molar-refractivity contribution in [2.75, 3.05) is 5.32 Å². The largest absolute Gasteiger partial charge is 0.330 e. The molecule has 0 saturated carbocycles. The summed E-state index contributed by atoms with van der Waals surface area (Å²) >= 11 is 1.32. The van der Waals surface area contributed by atoms with Gasteiger partial charge < -0.3 is 5.32 Å². The number of benzene rings is 3. The van der Waals surface area contributed by atoms with Gasteiger partial charge in [-0.2, -0.15) is 0 Å². The van der Waals surface area contributed by atoms with Gasteiger partial charge in [0.1, 0.15) is 5.01 Å². The molecule has 2 amide bonds. The summed E-state index contributed by atoms with van der Waals surface area (Å²) < 4.78 is 0. The first-order chi connectivity index (χ1) is 13.7. The number of para-hydroxylation sites is 1. The Morgan fingerprint density at radius 2 is 1.50 bits per heavy atom. The standard InChI is InChI=1S/C21H14N4O2S/c26-19-15-10-4-6-13-7-5-11-16(18(13)15)20(27)25(19)12-17-23-24-21(28-17)22-14-8-2-1-3-9-14/h1-11H,12H2,(H,22,24). The summed E-state index contributed by atoms with van der Waals surface area (Å²) in [5.74, 6) is -0.607. The molecule has 7 heteroatoms. The lowest BCUT2D eigenvalue weighted by atomic mass is 9.94. The molecule has 1 aromatic heterocycles. The molecule has 6 nitrogen and oxygen atoms in total. The topological polar surface area (TPSA) is 75.2 Å². The van der Waals surface area contributed by atoms with Crippen LogP contribution in [-0.2, 0) is 6.54 Å². The molecule has 5 rings (SSSR count). The third kappa shape index (κ3) is 2.73. The van der Waals surface area contributed by atoms with Gasteiger partial charge in [-0.05, 0) is 29.7 Å². The van der Waals surface area contributed by atoms with E-state index in [9.17, 15) is 9.59 Å². The minimum Gasteiger partial charge on any atom is -0.330 e. The summed E-state index contributed by atoms with van der Waals surface area (Å²) in [4.78, 5) is 27.2. The number of nitrogens with zero attached hydrogens (tertiary/aromatic N) is 3. The molecule has 28 heavy (non-hydrogen) atoms. The van der Waals surface area contributed by atoms with E-state index in [4.69, 9.17) is 0 Å². The molecule has 0 bridgehead atoms. The van der Waals surface area contributed by atoms with Gasteiger partial charge in [-0.25, -0.2) is 0 Å². The van der Waals surface area contributed by atoms with Crippen molar-refractivity contribution < 1.29 is 9.59 Å². The van der Waals surface area contributed by atoms with Gasteiger partial charge in [0.05, 0.1) is 6.54 Å². The Hall–Kier alpha value is -3.58. The van der Waals surface area contributed by atoms with Gasteiger partial charge in [0.2, 0.25) is 5.13 Å². The summed E-state index contributed by atoms with van der Waals surface area (Å²) in [6.45, 7) is 0.0938. The van der Waals surface area contributed by atoms with Crippen LogP contribution in [0.4, 0.5) is 10.8 Å². The molecule has 0 radical (unpaired) electrons. The summed E-state index contributed by atoms with van der Waals surface area (Å²) in [5.41, 5.74) is 1.98. The van der Waals surface area contributed by atoms with Crippen LogP contribution in [0.2, 0.25) is 0 Å². The van der Waals surface area contributed by atoms with Gasteiger partial charge in [0.25, 0.3) is 11.8 Å². The van der Waals surface area contributed by atoms with Crippen LogP contribution in [-0.4, -0.2) is 26.9 Å². The molecular formula is C21H14N4O2S. The molecule has 0 atom stereocenters. The molecule has 136 valence electrons. The fourth-order valence-corrected chi connectivity index (χ4v) is 4.12. The third-order valence-corrected chi connectivity index (χ3v) is 5.46. The second kappa shape index (κ2) is 6.54. The van der Waals surface area contributed by atoms with Crippen molar-refractivity contribution in [3.05, 3.63) is 82.9 Å². The minimum atomic E-state index is -0.304. The Bertz CT molecular complexity index is 1170. The molecule has 2 heterocycles. The van der Waals surface area contributed by atoms with E-state index in [-0.39, 0.29) is 18.4 Å². The van der Waals surface area contributed by atoms with Gasteiger partial charge in [0, 0.05) is 22.2 Å². The van der Waals surface area contributed by atoms with Gasteiger partial charge >= 0.3 is 0 Å². The molecule has 0 fully saturated rings. The predicted octanol–water partition coefficient (Wildman–Crippen LogP) is 4.23. The van der Waals surface area contributed by atoms with Gasteiger partial charge in [0.15, 0.2) is 0 Å². The van der Waals surface area contributed by atoms with Crippen molar-refractivity contribution in [3.63, 3.8) is 0 Å². The van der Waals surface area contributed by atoms with Crippen LogP contribution < -0.4 is 5.32 Å². The van der Waals surface area contributed by atoms with E-state index < -0.39 is 0 Å². The lowest BCUT2D eigenvalue weighted by molar-refractivity contribution is 0.0598. The number of imide groups is 1. The average molecular weight is 386 g/mol. The number of nitrogens with one attached hydrogen (secondary N) is 1. The van der Waals surface area contributed by atoms with Gasteiger partial charge in [-0.15, -0.1) is 10.2 Å². The van der Waals surface area contributed by atoms with E-state index in [0.717, 1.165) is 16.5 Å². The second-order valence-corrected chi connectivity index (χ2v) is 7.46. The van der Waals surface area contributed by atoms with E-state index in [0.29, 0.717) is 21.3 Å². The number of hydrogen-bond donors (Lipinski definition) is 1. The maximum absolute atomic E-state index is 13.0. The van der Waals surface area contributed by atoms with Crippen LogP contribution in [0, 0.1) is 0 Å². The molecule has 1 aliphatic heterocycles. The predicted molar refractivity (Wildman–Crippen MR) is 108 cm³/mol. The van der Waals surface area contributed by atoms with Crippen LogP contribution in [0.25, 0.3) is 10.8 Å². The quantitative estimate of drug-likeness (QED) is 0.531. The number of carbonyl (C=O) groups excluding carboxylic acids is 2. The fraction of sp³-hybridized carbons (Fsp3) is 0.0476. The summed E-state index contributed by atoms with van der Waals surface area (Å²) in [5, 5.41) is 14.2. The average Bonchev–Trinajstić information content (AvgIpc) is 3.17. The van der Waals surface area contributed by atoms with Crippen molar-refractivity contribution >= 4 is 44.7 Å². The monoisotopic (exact) mass is 386 g/mol. The second-order valence-electron chi connectivity index (χ2n) is 6.40. The first-order valence-electron chi connectivity index (χ1n) is 8.73. The van der Waals surface area contributed by atoms with Crippen molar-refractivity contribution in [1.29, 1.82) is 0 Å². The smallest absolute Gasteiger partial charge is 0.261 e. The maximum Gasteiger partial charge on any atom is 0.261 e. The lowest BCUT2D eigenvalue weighted by Crippen LogP contribution is -2.39. The molecule has 0 spiro atoms. The van der Waals surface area contributed by atoms with Crippen LogP contribution in [0.1, 0.15) is 25.7 Å².